The van der Waals surface area contributed by atoms with Gasteiger partial charge in [0.05, 0.1) is 33.8 Å². The molecule has 1 N–H and O–H groups in total. The van der Waals surface area contributed by atoms with Crippen LogP contribution in [0.4, 0.5) is 0 Å². The van der Waals surface area contributed by atoms with E-state index in [1.54, 1.807) is 0 Å². The monoisotopic (exact) mass is 1110 g/mol. The van der Waals surface area contributed by atoms with E-state index in [0.717, 1.165) is 89.9 Å². The number of carbonyl (C=O) groups is 2. The van der Waals surface area contributed by atoms with Gasteiger partial charge in [0.2, 0.25) is 5.91 Å². The molecule has 1 amide bonds. The summed E-state index contributed by atoms with van der Waals surface area (Å²) in [5, 5.41) is 3.03. The molecule has 0 aliphatic rings. The first-order valence-corrected chi connectivity index (χ1v) is 34.2. The molecule has 3 atom stereocenters. The predicted octanol–water partition coefficient (Wildman–Crippen LogP) is 19.8. The van der Waals surface area contributed by atoms with Crippen LogP contribution in [0.3, 0.4) is 0 Å². The lowest BCUT2D eigenvalue weighted by molar-refractivity contribution is -0.870. The highest BCUT2D eigenvalue weighted by molar-refractivity contribution is 7.45. The van der Waals surface area contributed by atoms with Gasteiger partial charge in [-0.3, -0.25) is 14.2 Å². The molecular formula is C68H125N2O7P. The Labute approximate surface area is 483 Å². The van der Waals surface area contributed by atoms with Gasteiger partial charge in [0.25, 0.3) is 7.82 Å². The van der Waals surface area contributed by atoms with Gasteiger partial charge in [0, 0.05) is 12.8 Å². The van der Waals surface area contributed by atoms with Crippen LogP contribution in [-0.2, 0) is 27.9 Å². The van der Waals surface area contributed by atoms with E-state index in [9.17, 15) is 19.0 Å². The molecule has 0 radical (unpaired) electrons. The number of phosphoric ester groups is 1. The van der Waals surface area contributed by atoms with Crippen LogP contribution >= 0.6 is 7.82 Å². The zero-order valence-electron chi connectivity index (χ0n) is 51.9. The number of hydrogen-bond acceptors (Lipinski definition) is 7. The number of carbonyl (C=O) groups excluding carboxylic acids is 2. The maximum Gasteiger partial charge on any atom is 0.306 e. The second-order valence-electron chi connectivity index (χ2n) is 23.2. The van der Waals surface area contributed by atoms with Gasteiger partial charge in [-0.25, -0.2) is 0 Å². The van der Waals surface area contributed by atoms with Crippen LogP contribution in [0, 0.1) is 0 Å². The van der Waals surface area contributed by atoms with Gasteiger partial charge >= 0.3 is 5.97 Å². The summed E-state index contributed by atoms with van der Waals surface area (Å²) >= 11 is 0. The van der Waals surface area contributed by atoms with Gasteiger partial charge in [-0.15, -0.1) is 0 Å². The Bertz CT molecular complexity index is 1570. The minimum Gasteiger partial charge on any atom is -0.756 e. The fourth-order valence-electron chi connectivity index (χ4n) is 9.33. The molecule has 0 saturated heterocycles. The summed E-state index contributed by atoms with van der Waals surface area (Å²) in [6, 6.07) is -0.898. The SMILES string of the molecule is CC/C=C/C/C=C/C/C=C/CCCCCCC(=O)OC(/C=C\CCCCCCCCCCC)C(COP(=O)([O-])OCC[N+](C)(C)C)NC(=O)CCCCCCCCCCCCCCCCCCC/C=C\C/C=C\CCCCC. The third-order valence-electron chi connectivity index (χ3n) is 14.4. The lowest BCUT2D eigenvalue weighted by Gasteiger charge is -2.30. The molecule has 0 aromatic rings. The lowest BCUT2D eigenvalue weighted by atomic mass is 10.0. The van der Waals surface area contributed by atoms with E-state index in [4.69, 9.17) is 13.8 Å². The number of amides is 1. The number of nitrogens with one attached hydrogen (secondary N) is 1. The largest absolute Gasteiger partial charge is 0.756 e. The summed E-state index contributed by atoms with van der Waals surface area (Å²) in [6.45, 7) is 6.70. The van der Waals surface area contributed by atoms with Crippen molar-refractivity contribution < 1.29 is 37.3 Å². The molecule has 0 aromatic carbocycles. The molecule has 0 rings (SSSR count). The number of nitrogens with zero attached hydrogens (tertiary/aromatic N) is 1. The van der Waals surface area contributed by atoms with E-state index >= 15 is 0 Å². The predicted molar refractivity (Wildman–Crippen MR) is 335 cm³/mol. The number of hydrogen-bond donors (Lipinski definition) is 1. The Morgan fingerprint density at radius 3 is 1.26 bits per heavy atom. The van der Waals surface area contributed by atoms with Crippen molar-refractivity contribution in [2.75, 3.05) is 40.9 Å². The van der Waals surface area contributed by atoms with Crippen LogP contribution in [-0.4, -0.2) is 69.4 Å². The van der Waals surface area contributed by atoms with Crippen molar-refractivity contribution in [3.8, 4) is 0 Å². The van der Waals surface area contributed by atoms with Crippen LogP contribution in [0.25, 0.3) is 0 Å². The van der Waals surface area contributed by atoms with Crippen LogP contribution in [0.5, 0.6) is 0 Å². The molecular weight excluding hydrogens is 988 g/mol. The summed E-state index contributed by atoms with van der Waals surface area (Å²) in [4.78, 5) is 40.0. The number of quaternary nitrogens is 1. The number of phosphoric acid groups is 1. The normalized spacial score (nSPS) is 14.1. The lowest BCUT2D eigenvalue weighted by Crippen LogP contribution is -2.47. The third-order valence-corrected chi connectivity index (χ3v) is 15.3. The first-order valence-electron chi connectivity index (χ1n) is 32.7. The molecule has 0 aliphatic heterocycles. The third kappa shape index (κ3) is 58.1. The number of allylic oxidation sites excluding steroid dienone is 11. The fourth-order valence-corrected chi connectivity index (χ4v) is 10.1. The molecule has 9 nitrogen and oxygen atoms in total. The zero-order valence-corrected chi connectivity index (χ0v) is 52.8. The Morgan fingerprint density at radius 1 is 0.462 bits per heavy atom. The van der Waals surface area contributed by atoms with E-state index in [2.05, 4.69) is 86.8 Å². The van der Waals surface area contributed by atoms with E-state index in [-0.39, 0.29) is 24.9 Å². The minimum atomic E-state index is -4.70. The number of rotatable bonds is 59. The van der Waals surface area contributed by atoms with Crippen molar-refractivity contribution >= 4 is 19.7 Å². The van der Waals surface area contributed by atoms with Crippen molar-refractivity contribution in [3.63, 3.8) is 0 Å². The number of unbranched alkanes of at least 4 members (excludes halogenated alkanes) is 33. The molecule has 0 heterocycles. The van der Waals surface area contributed by atoms with Gasteiger partial charge in [-0.2, -0.15) is 0 Å². The molecule has 0 fully saturated rings. The smallest absolute Gasteiger partial charge is 0.306 e. The van der Waals surface area contributed by atoms with E-state index in [0.29, 0.717) is 23.9 Å². The molecule has 3 unspecified atom stereocenters. The van der Waals surface area contributed by atoms with Crippen LogP contribution in [0.2, 0.25) is 0 Å². The summed E-state index contributed by atoms with van der Waals surface area (Å²) < 4.78 is 30.3. The second-order valence-corrected chi connectivity index (χ2v) is 24.6. The maximum atomic E-state index is 13.5. The van der Waals surface area contributed by atoms with Crippen LogP contribution in [0.1, 0.15) is 297 Å². The second kappa shape index (κ2) is 57.7. The van der Waals surface area contributed by atoms with Crippen molar-refractivity contribution in [2.24, 2.45) is 0 Å². The summed E-state index contributed by atoms with van der Waals surface area (Å²) in [7, 11) is 1.17. The molecule has 0 aromatic heterocycles. The average Bonchev–Trinajstić information content (AvgIpc) is 3.40. The Morgan fingerprint density at radius 2 is 0.821 bits per heavy atom. The number of esters is 1. The molecule has 0 bridgehead atoms. The van der Waals surface area contributed by atoms with Crippen molar-refractivity contribution in [2.45, 2.75) is 309 Å². The molecule has 10 heteroatoms. The van der Waals surface area contributed by atoms with E-state index in [1.165, 1.54) is 167 Å². The van der Waals surface area contributed by atoms with Crippen molar-refractivity contribution in [3.05, 3.63) is 72.9 Å². The van der Waals surface area contributed by atoms with Gasteiger partial charge in [0.15, 0.2) is 0 Å². The first kappa shape index (κ1) is 75.5. The molecule has 0 spiro atoms. The highest BCUT2D eigenvalue weighted by Crippen LogP contribution is 2.38. The maximum absolute atomic E-state index is 13.5. The van der Waals surface area contributed by atoms with Crippen molar-refractivity contribution in [1.29, 1.82) is 0 Å². The van der Waals surface area contributed by atoms with Gasteiger partial charge in [0.1, 0.15) is 19.3 Å². The van der Waals surface area contributed by atoms with Crippen LogP contribution < -0.4 is 10.2 Å². The summed E-state index contributed by atoms with van der Waals surface area (Å²) in [6.07, 6.45) is 74.6. The Kier molecular flexibility index (Phi) is 55.8. The molecule has 0 aliphatic carbocycles. The highest BCUT2D eigenvalue weighted by atomic mass is 31.2. The molecule has 0 saturated carbocycles. The topological polar surface area (TPSA) is 114 Å². The molecule has 454 valence electrons. The Balaban J connectivity index is 5.00. The summed E-state index contributed by atoms with van der Waals surface area (Å²) in [5.41, 5.74) is 0. The minimum absolute atomic E-state index is 0.0272. The van der Waals surface area contributed by atoms with Crippen LogP contribution in [0.15, 0.2) is 72.9 Å². The number of ether oxygens (including phenoxy) is 1. The highest BCUT2D eigenvalue weighted by Gasteiger charge is 2.27. The standard InChI is InChI=1S/C68H125N2O7P/c1-7-10-13-16-19-22-25-27-29-30-31-32-33-34-35-36-37-38-39-40-41-42-45-48-51-54-57-60-67(71)69-65(64-76-78(73,74)75-63-62-70(4,5)6)66(59-56-53-50-47-44-24-21-18-15-12-9-3)77-68(72)61-58-55-52-49-46-43-28-26-23-20-17-14-11-8-2/h11,14,19-20,22-23,27-29,43,56,59,65-66H,7-10,12-13,15-18,21,24-26,30-42,44-55,57-58,60-64H2,1-6H3,(H-,69,71,73,74)/b14-11+,22-19-,23-20+,29-27-,43-28+,59-56-. The van der Waals surface area contributed by atoms with Crippen molar-refractivity contribution in [1.82, 2.24) is 5.32 Å². The summed E-state index contributed by atoms with van der Waals surface area (Å²) in [5.74, 6) is -0.562. The average molecular weight is 1110 g/mol. The van der Waals surface area contributed by atoms with Gasteiger partial charge in [-0.05, 0) is 96.0 Å². The quantitative estimate of drug-likeness (QED) is 0.0212. The first-order chi connectivity index (χ1) is 37.9. The van der Waals surface area contributed by atoms with E-state index < -0.39 is 26.6 Å². The molecule has 78 heavy (non-hydrogen) atoms. The Hall–Kier alpha value is -2.55. The zero-order chi connectivity index (χ0) is 57.2. The number of likely N-dealkylation sites (N-methyl/N-ethyl adjacent to an activating group) is 1. The fraction of sp³-hybridized carbons (Fsp3) is 0.794. The van der Waals surface area contributed by atoms with E-state index in [1.807, 2.05) is 33.3 Å². The van der Waals surface area contributed by atoms with Gasteiger partial charge < -0.3 is 28.5 Å². The van der Waals surface area contributed by atoms with Gasteiger partial charge in [-0.1, -0.05) is 261 Å².